The molecule has 0 spiro atoms. The lowest BCUT2D eigenvalue weighted by atomic mass is 10.2. The van der Waals surface area contributed by atoms with Gasteiger partial charge in [0.25, 0.3) is 0 Å². The molecule has 0 atom stereocenters. The van der Waals surface area contributed by atoms with Crippen molar-refractivity contribution in [2.24, 2.45) is 5.73 Å². The number of oxazole rings is 1. The van der Waals surface area contributed by atoms with Crippen molar-refractivity contribution in [3.63, 3.8) is 0 Å². The van der Waals surface area contributed by atoms with Crippen molar-refractivity contribution in [2.45, 2.75) is 19.8 Å². The summed E-state index contributed by atoms with van der Waals surface area (Å²) < 4.78 is 5.35. The molecule has 3 N–H and O–H groups in total. The minimum atomic E-state index is -0.0324. The standard InChI is InChI=1S/C12H15N3O2/c1-8-14-10-7-9(4-5-11(10)17-8)15-12(16)3-2-6-13/h4-5,7H,2-3,6,13H2,1H3,(H,15,16). The summed E-state index contributed by atoms with van der Waals surface area (Å²) in [7, 11) is 0. The van der Waals surface area contributed by atoms with Gasteiger partial charge in [0.15, 0.2) is 11.5 Å². The van der Waals surface area contributed by atoms with E-state index in [9.17, 15) is 4.79 Å². The Labute approximate surface area is 99.0 Å². The van der Waals surface area contributed by atoms with Crippen LogP contribution in [0.25, 0.3) is 11.1 Å². The molecular formula is C12H15N3O2. The van der Waals surface area contributed by atoms with Gasteiger partial charge < -0.3 is 15.5 Å². The molecule has 90 valence electrons. The Morgan fingerprint density at radius 1 is 1.53 bits per heavy atom. The summed E-state index contributed by atoms with van der Waals surface area (Å²) >= 11 is 0. The van der Waals surface area contributed by atoms with Crippen LogP contribution >= 0.6 is 0 Å². The smallest absolute Gasteiger partial charge is 0.224 e. The lowest BCUT2D eigenvalue weighted by Gasteiger charge is -2.03. The molecule has 17 heavy (non-hydrogen) atoms. The van der Waals surface area contributed by atoms with E-state index in [1.165, 1.54) is 0 Å². The van der Waals surface area contributed by atoms with E-state index in [2.05, 4.69) is 10.3 Å². The Morgan fingerprint density at radius 3 is 3.12 bits per heavy atom. The summed E-state index contributed by atoms with van der Waals surface area (Å²) in [6.45, 7) is 2.31. The maximum absolute atomic E-state index is 11.5. The molecule has 5 nitrogen and oxygen atoms in total. The van der Waals surface area contributed by atoms with Gasteiger partial charge in [-0.05, 0) is 31.2 Å². The van der Waals surface area contributed by atoms with Crippen LogP contribution < -0.4 is 11.1 Å². The van der Waals surface area contributed by atoms with Crippen LogP contribution in [0.2, 0.25) is 0 Å². The molecule has 0 saturated heterocycles. The van der Waals surface area contributed by atoms with Crippen molar-refractivity contribution in [2.75, 3.05) is 11.9 Å². The van der Waals surface area contributed by atoms with Crippen LogP contribution in [0, 0.1) is 6.92 Å². The molecule has 1 amide bonds. The minimum Gasteiger partial charge on any atom is -0.441 e. The number of fused-ring (bicyclic) bond motifs is 1. The number of nitrogens with two attached hydrogens (primary N) is 1. The zero-order chi connectivity index (χ0) is 12.3. The SMILES string of the molecule is Cc1nc2cc(NC(=O)CCCN)ccc2o1. The fourth-order valence-corrected chi connectivity index (χ4v) is 1.61. The predicted octanol–water partition coefficient (Wildman–Crippen LogP) is 1.81. The number of benzene rings is 1. The average Bonchev–Trinajstić information content (AvgIpc) is 2.65. The molecule has 0 radical (unpaired) electrons. The van der Waals surface area contributed by atoms with Gasteiger partial charge in [-0.25, -0.2) is 4.98 Å². The third-order valence-corrected chi connectivity index (χ3v) is 2.39. The summed E-state index contributed by atoms with van der Waals surface area (Å²) in [6.07, 6.45) is 1.13. The van der Waals surface area contributed by atoms with Gasteiger partial charge in [-0.3, -0.25) is 4.79 Å². The van der Waals surface area contributed by atoms with Gasteiger partial charge in [-0.1, -0.05) is 0 Å². The van der Waals surface area contributed by atoms with Gasteiger partial charge in [-0.2, -0.15) is 0 Å². The lowest BCUT2D eigenvalue weighted by Crippen LogP contribution is -2.13. The Balaban J connectivity index is 2.10. The molecule has 5 heteroatoms. The number of carbonyl (C=O) groups is 1. The Hall–Kier alpha value is -1.88. The lowest BCUT2D eigenvalue weighted by molar-refractivity contribution is -0.116. The normalized spacial score (nSPS) is 10.7. The number of rotatable bonds is 4. The van der Waals surface area contributed by atoms with E-state index in [0.29, 0.717) is 25.3 Å². The van der Waals surface area contributed by atoms with Gasteiger partial charge in [0, 0.05) is 19.0 Å². The van der Waals surface area contributed by atoms with Crippen LogP contribution in [-0.2, 0) is 4.79 Å². The van der Waals surface area contributed by atoms with Crippen LogP contribution in [0.1, 0.15) is 18.7 Å². The molecule has 0 aliphatic rings. The highest BCUT2D eigenvalue weighted by atomic mass is 16.3. The van der Waals surface area contributed by atoms with E-state index in [0.717, 1.165) is 16.8 Å². The van der Waals surface area contributed by atoms with Crippen molar-refractivity contribution >= 4 is 22.7 Å². The van der Waals surface area contributed by atoms with Gasteiger partial charge >= 0.3 is 0 Å². The number of hydrogen-bond donors (Lipinski definition) is 2. The number of nitrogens with one attached hydrogen (secondary N) is 1. The number of carbonyl (C=O) groups excluding carboxylic acids is 1. The number of aryl methyl sites for hydroxylation is 1. The van der Waals surface area contributed by atoms with E-state index >= 15 is 0 Å². The molecular weight excluding hydrogens is 218 g/mol. The number of hydrogen-bond acceptors (Lipinski definition) is 4. The van der Waals surface area contributed by atoms with Crippen molar-refractivity contribution in [3.8, 4) is 0 Å². The van der Waals surface area contributed by atoms with Gasteiger partial charge in [0.05, 0.1) is 0 Å². The van der Waals surface area contributed by atoms with E-state index in [1.807, 2.05) is 0 Å². The number of aromatic nitrogens is 1. The highest BCUT2D eigenvalue weighted by Gasteiger charge is 2.05. The molecule has 0 saturated carbocycles. The quantitative estimate of drug-likeness (QED) is 0.843. The largest absolute Gasteiger partial charge is 0.441 e. The first kappa shape index (κ1) is 11.6. The maximum atomic E-state index is 11.5. The third-order valence-electron chi connectivity index (χ3n) is 2.39. The molecule has 1 aromatic heterocycles. The minimum absolute atomic E-state index is 0.0324. The second kappa shape index (κ2) is 4.97. The second-order valence-corrected chi connectivity index (χ2v) is 3.86. The third kappa shape index (κ3) is 2.82. The zero-order valence-corrected chi connectivity index (χ0v) is 9.69. The van der Waals surface area contributed by atoms with E-state index in [1.54, 1.807) is 25.1 Å². The topological polar surface area (TPSA) is 81.2 Å². The highest BCUT2D eigenvalue weighted by Crippen LogP contribution is 2.19. The molecule has 1 aromatic carbocycles. The van der Waals surface area contributed by atoms with Crippen molar-refractivity contribution in [1.29, 1.82) is 0 Å². The van der Waals surface area contributed by atoms with Gasteiger partial charge in [-0.15, -0.1) is 0 Å². The van der Waals surface area contributed by atoms with Crippen molar-refractivity contribution < 1.29 is 9.21 Å². The molecule has 2 aromatic rings. The van der Waals surface area contributed by atoms with E-state index < -0.39 is 0 Å². The monoisotopic (exact) mass is 233 g/mol. The summed E-state index contributed by atoms with van der Waals surface area (Å²) in [6, 6.07) is 5.40. The first-order valence-corrected chi connectivity index (χ1v) is 5.56. The number of amides is 1. The van der Waals surface area contributed by atoms with Gasteiger partial charge in [0.1, 0.15) is 5.52 Å². The van der Waals surface area contributed by atoms with E-state index in [4.69, 9.17) is 10.2 Å². The summed E-state index contributed by atoms with van der Waals surface area (Å²) in [5.41, 5.74) is 7.55. The van der Waals surface area contributed by atoms with Gasteiger partial charge in [0.2, 0.25) is 5.91 Å². The van der Waals surface area contributed by atoms with Crippen molar-refractivity contribution in [1.82, 2.24) is 4.98 Å². The summed E-state index contributed by atoms with van der Waals surface area (Å²) in [4.78, 5) is 15.7. The molecule has 0 aliphatic heterocycles. The Bertz CT molecular complexity index is 534. The van der Waals surface area contributed by atoms with E-state index in [-0.39, 0.29) is 5.91 Å². The predicted molar refractivity (Wildman–Crippen MR) is 65.7 cm³/mol. The molecule has 0 fully saturated rings. The summed E-state index contributed by atoms with van der Waals surface area (Å²) in [5.74, 6) is 0.585. The van der Waals surface area contributed by atoms with Crippen LogP contribution in [0.4, 0.5) is 5.69 Å². The van der Waals surface area contributed by atoms with Crippen LogP contribution in [0.5, 0.6) is 0 Å². The van der Waals surface area contributed by atoms with Crippen molar-refractivity contribution in [3.05, 3.63) is 24.1 Å². The van der Waals surface area contributed by atoms with Crippen LogP contribution in [-0.4, -0.2) is 17.4 Å². The summed E-state index contributed by atoms with van der Waals surface area (Å²) in [5, 5.41) is 2.80. The highest BCUT2D eigenvalue weighted by molar-refractivity contribution is 5.92. The zero-order valence-electron chi connectivity index (χ0n) is 9.69. The molecule has 1 heterocycles. The Kier molecular flexibility index (Phi) is 3.39. The van der Waals surface area contributed by atoms with Crippen LogP contribution in [0.3, 0.4) is 0 Å². The number of anilines is 1. The molecule has 0 unspecified atom stereocenters. The molecule has 0 bridgehead atoms. The second-order valence-electron chi connectivity index (χ2n) is 3.86. The first-order valence-electron chi connectivity index (χ1n) is 5.56. The van der Waals surface area contributed by atoms with Crippen LogP contribution in [0.15, 0.2) is 22.6 Å². The molecule has 0 aliphatic carbocycles. The fourth-order valence-electron chi connectivity index (χ4n) is 1.61. The molecule has 2 rings (SSSR count). The maximum Gasteiger partial charge on any atom is 0.224 e. The Morgan fingerprint density at radius 2 is 2.35 bits per heavy atom. The first-order chi connectivity index (χ1) is 8.19. The fraction of sp³-hybridized carbons (Fsp3) is 0.333. The average molecular weight is 233 g/mol. The number of nitrogens with zero attached hydrogens (tertiary/aromatic N) is 1.